The molecule has 3 N–H and O–H groups in total. The van der Waals surface area contributed by atoms with Gasteiger partial charge in [0.25, 0.3) is 0 Å². The van der Waals surface area contributed by atoms with Crippen molar-refractivity contribution in [1.82, 2.24) is 4.72 Å². The fourth-order valence-corrected chi connectivity index (χ4v) is 2.99. The zero-order valence-electron chi connectivity index (χ0n) is 12.5. The van der Waals surface area contributed by atoms with Crippen LogP contribution in [0.2, 0.25) is 0 Å². The second-order valence-corrected chi connectivity index (χ2v) is 7.67. The van der Waals surface area contributed by atoms with Gasteiger partial charge < -0.3 is 10.2 Å². The summed E-state index contributed by atoms with van der Waals surface area (Å²) in [6.45, 7) is 7.22. The highest BCUT2D eigenvalue weighted by Gasteiger charge is 2.29. The fraction of sp³-hybridized carbons (Fsp3) is 0.500. The van der Waals surface area contributed by atoms with E-state index in [2.05, 4.69) is 0 Å². The van der Waals surface area contributed by atoms with Crippen molar-refractivity contribution in [3.63, 3.8) is 0 Å². The van der Waals surface area contributed by atoms with Crippen LogP contribution in [-0.4, -0.2) is 36.7 Å². The summed E-state index contributed by atoms with van der Waals surface area (Å²) in [5.74, 6) is -1.43. The number of carboxylic acids is 1. The van der Waals surface area contributed by atoms with Gasteiger partial charge in [-0.3, -0.25) is 4.79 Å². The Morgan fingerprint density at radius 1 is 1.19 bits per heavy atom. The summed E-state index contributed by atoms with van der Waals surface area (Å²) in [5, 5.41) is 18.3. The Kier molecular flexibility index (Phi) is 5.14. The first-order valence-electron chi connectivity index (χ1n) is 6.49. The monoisotopic (exact) mass is 315 g/mol. The van der Waals surface area contributed by atoms with Crippen LogP contribution in [-0.2, 0) is 20.2 Å². The van der Waals surface area contributed by atoms with Crippen molar-refractivity contribution in [3.8, 4) is 0 Å². The van der Waals surface area contributed by atoms with Gasteiger partial charge in [-0.15, -0.1) is 0 Å². The van der Waals surface area contributed by atoms with Crippen LogP contribution in [0.4, 0.5) is 0 Å². The minimum Gasteiger partial charge on any atom is -0.480 e. The zero-order valence-corrected chi connectivity index (χ0v) is 13.3. The van der Waals surface area contributed by atoms with Crippen LogP contribution >= 0.6 is 0 Å². The number of hydrogen-bond donors (Lipinski definition) is 3. The van der Waals surface area contributed by atoms with Gasteiger partial charge in [0, 0.05) is 0 Å². The van der Waals surface area contributed by atoms with Crippen molar-refractivity contribution >= 4 is 16.0 Å². The van der Waals surface area contributed by atoms with E-state index in [1.807, 2.05) is 25.5 Å². The molecule has 118 valence electrons. The number of benzene rings is 1. The first-order chi connectivity index (χ1) is 9.45. The third kappa shape index (κ3) is 4.52. The van der Waals surface area contributed by atoms with Crippen molar-refractivity contribution in [1.29, 1.82) is 0 Å². The van der Waals surface area contributed by atoms with Gasteiger partial charge in [0.1, 0.15) is 6.04 Å². The molecule has 0 saturated carbocycles. The van der Waals surface area contributed by atoms with Crippen LogP contribution in [0, 0.1) is 0 Å². The molecule has 2 atom stereocenters. The molecule has 0 spiro atoms. The van der Waals surface area contributed by atoms with Crippen molar-refractivity contribution in [2.75, 3.05) is 0 Å². The Morgan fingerprint density at radius 2 is 1.67 bits per heavy atom. The first kappa shape index (κ1) is 17.6. The maximum absolute atomic E-state index is 12.1. The van der Waals surface area contributed by atoms with E-state index in [9.17, 15) is 18.3 Å². The number of hydrogen-bond acceptors (Lipinski definition) is 4. The van der Waals surface area contributed by atoms with E-state index in [-0.39, 0.29) is 10.3 Å². The zero-order chi connectivity index (χ0) is 16.4. The Hall–Kier alpha value is -1.44. The molecule has 0 unspecified atom stereocenters. The normalized spacial score (nSPS) is 15.5. The number of carbonyl (C=O) groups is 1. The molecule has 0 radical (unpaired) electrons. The third-order valence-electron chi connectivity index (χ3n) is 3.06. The van der Waals surface area contributed by atoms with Crippen molar-refractivity contribution in [2.24, 2.45) is 0 Å². The van der Waals surface area contributed by atoms with Gasteiger partial charge in [0.2, 0.25) is 10.0 Å². The average Bonchev–Trinajstić information content (AvgIpc) is 2.34. The lowest BCUT2D eigenvalue weighted by Gasteiger charge is -2.20. The van der Waals surface area contributed by atoms with Gasteiger partial charge in [0.15, 0.2) is 0 Å². The third-order valence-corrected chi connectivity index (χ3v) is 4.52. The highest BCUT2D eigenvalue weighted by molar-refractivity contribution is 7.89. The lowest BCUT2D eigenvalue weighted by atomic mass is 9.87. The maximum atomic E-state index is 12.1. The SMILES string of the molecule is C[C@@H](O)[C@H](NS(=O)(=O)c1ccc(C(C)(C)C)cc1)C(=O)O. The molecule has 0 amide bonds. The van der Waals surface area contributed by atoms with Crippen LogP contribution < -0.4 is 4.72 Å². The first-order valence-corrected chi connectivity index (χ1v) is 7.97. The summed E-state index contributed by atoms with van der Waals surface area (Å²) in [7, 11) is -4.00. The molecule has 0 aromatic heterocycles. The van der Waals surface area contributed by atoms with E-state index in [1.165, 1.54) is 19.1 Å². The number of carboxylic acid groups (broad SMARTS) is 1. The average molecular weight is 315 g/mol. The summed E-state index contributed by atoms with van der Waals surface area (Å²) in [6, 6.07) is 4.63. The van der Waals surface area contributed by atoms with Gasteiger partial charge in [-0.1, -0.05) is 32.9 Å². The van der Waals surface area contributed by atoms with Crippen molar-refractivity contribution < 1.29 is 23.4 Å². The summed E-state index contributed by atoms with van der Waals surface area (Å²) >= 11 is 0. The summed E-state index contributed by atoms with van der Waals surface area (Å²) in [4.78, 5) is 10.9. The number of aliphatic hydroxyl groups is 1. The van der Waals surface area contributed by atoms with Crippen LogP contribution in [0.3, 0.4) is 0 Å². The number of sulfonamides is 1. The predicted molar refractivity (Wildman–Crippen MR) is 78.6 cm³/mol. The molecule has 0 aliphatic carbocycles. The van der Waals surface area contributed by atoms with E-state index < -0.39 is 28.1 Å². The van der Waals surface area contributed by atoms with Crippen molar-refractivity contribution in [3.05, 3.63) is 29.8 Å². The number of aliphatic hydroxyl groups excluding tert-OH is 1. The van der Waals surface area contributed by atoms with E-state index in [0.29, 0.717) is 0 Å². The Labute approximate surface area is 124 Å². The molecule has 7 heteroatoms. The molecular formula is C14H21NO5S. The standard InChI is InChI=1S/C14H21NO5S/c1-9(16)12(13(17)18)15-21(19,20)11-7-5-10(6-8-11)14(2,3)4/h5-9,12,15-16H,1-4H3,(H,17,18)/t9-,12+/m1/s1. The quantitative estimate of drug-likeness (QED) is 0.755. The molecule has 1 aromatic rings. The number of rotatable bonds is 5. The lowest BCUT2D eigenvalue weighted by molar-refractivity contribution is -0.141. The largest absolute Gasteiger partial charge is 0.480 e. The van der Waals surface area contributed by atoms with E-state index >= 15 is 0 Å². The molecule has 1 aromatic carbocycles. The Bertz CT molecular complexity index is 599. The Morgan fingerprint density at radius 3 is 2.00 bits per heavy atom. The highest BCUT2D eigenvalue weighted by Crippen LogP contribution is 2.23. The molecule has 0 bridgehead atoms. The van der Waals surface area contributed by atoms with Crippen LogP contribution in [0.25, 0.3) is 0 Å². The summed E-state index contributed by atoms with van der Waals surface area (Å²) in [6.07, 6.45) is -1.34. The minimum atomic E-state index is -4.00. The number of aliphatic carboxylic acids is 1. The second-order valence-electron chi connectivity index (χ2n) is 5.95. The maximum Gasteiger partial charge on any atom is 0.324 e. The van der Waals surface area contributed by atoms with E-state index in [0.717, 1.165) is 5.56 Å². The van der Waals surface area contributed by atoms with Gasteiger partial charge in [-0.25, -0.2) is 8.42 Å². The molecule has 0 aliphatic rings. The molecule has 0 aliphatic heterocycles. The van der Waals surface area contributed by atoms with Crippen LogP contribution in [0.1, 0.15) is 33.3 Å². The second kappa shape index (κ2) is 6.13. The molecule has 21 heavy (non-hydrogen) atoms. The highest BCUT2D eigenvalue weighted by atomic mass is 32.2. The molecule has 0 saturated heterocycles. The molecule has 6 nitrogen and oxygen atoms in total. The Balaban J connectivity index is 3.06. The summed E-state index contributed by atoms with van der Waals surface area (Å²) < 4.78 is 26.2. The fourth-order valence-electron chi connectivity index (χ4n) is 1.72. The lowest BCUT2D eigenvalue weighted by Crippen LogP contribution is -2.47. The van der Waals surface area contributed by atoms with Gasteiger partial charge >= 0.3 is 5.97 Å². The van der Waals surface area contributed by atoms with Crippen molar-refractivity contribution in [2.45, 2.75) is 50.2 Å². The molecule has 0 fully saturated rings. The molecule has 0 heterocycles. The molecule has 1 rings (SSSR count). The topological polar surface area (TPSA) is 104 Å². The minimum absolute atomic E-state index is 0.0394. The van der Waals surface area contributed by atoms with Gasteiger partial charge in [0.05, 0.1) is 11.0 Å². The van der Waals surface area contributed by atoms with E-state index in [4.69, 9.17) is 5.11 Å². The summed E-state index contributed by atoms with van der Waals surface area (Å²) in [5.41, 5.74) is 0.852. The molecular weight excluding hydrogens is 294 g/mol. The van der Waals surface area contributed by atoms with E-state index in [1.54, 1.807) is 12.1 Å². The van der Waals surface area contributed by atoms with Gasteiger partial charge in [-0.2, -0.15) is 4.72 Å². The van der Waals surface area contributed by atoms with Crippen LogP contribution in [0.5, 0.6) is 0 Å². The smallest absolute Gasteiger partial charge is 0.324 e. The number of nitrogens with one attached hydrogen (secondary N) is 1. The van der Waals surface area contributed by atoms with Crippen LogP contribution in [0.15, 0.2) is 29.2 Å². The predicted octanol–water partition coefficient (Wildman–Crippen LogP) is 1.10. The van der Waals surface area contributed by atoms with Gasteiger partial charge in [-0.05, 0) is 30.0 Å².